The molecule has 0 spiro atoms. The molecule has 3 nitrogen and oxygen atoms in total. The van der Waals surface area contributed by atoms with E-state index in [2.05, 4.69) is 5.32 Å². The van der Waals surface area contributed by atoms with Gasteiger partial charge >= 0.3 is 0 Å². The fourth-order valence-electron chi connectivity index (χ4n) is 1.41. The average molecular weight is 301 g/mol. The molecule has 0 aromatic heterocycles. The number of hydrogen-bond acceptors (Lipinski definition) is 3. The highest BCUT2D eigenvalue weighted by Gasteiger charge is 2.04. The van der Waals surface area contributed by atoms with Crippen molar-refractivity contribution in [2.75, 3.05) is 18.8 Å². The van der Waals surface area contributed by atoms with Gasteiger partial charge in [-0.25, -0.2) is 0 Å². The Morgan fingerprint density at radius 1 is 1.42 bits per heavy atom. The number of carbonyl (C=O) groups is 1. The first-order valence-electron chi connectivity index (χ1n) is 6.47. The van der Waals surface area contributed by atoms with E-state index >= 15 is 0 Å². The van der Waals surface area contributed by atoms with Crippen LogP contribution in [0.25, 0.3) is 0 Å². The molecule has 1 unspecified atom stereocenters. The summed E-state index contributed by atoms with van der Waals surface area (Å²) in [5.74, 6) is 1.38. The van der Waals surface area contributed by atoms with E-state index in [-0.39, 0.29) is 5.91 Å². The number of hydrogen-bond donors (Lipinski definition) is 2. The van der Waals surface area contributed by atoms with Gasteiger partial charge in [-0.05, 0) is 48.9 Å². The lowest BCUT2D eigenvalue weighted by molar-refractivity contribution is -0.121. The monoisotopic (exact) mass is 300 g/mol. The fraction of sp³-hybridized carbons (Fsp3) is 0.500. The molecule has 0 aliphatic heterocycles. The molecule has 1 amide bonds. The summed E-state index contributed by atoms with van der Waals surface area (Å²) in [6, 6.07) is 7.75. The maximum absolute atomic E-state index is 11.5. The van der Waals surface area contributed by atoms with Gasteiger partial charge < -0.3 is 11.1 Å². The van der Waals surface area contributed by atoms with Gasteiger partial charge in [0, 0.05) is 22.9 Å². The van der Waals surface area contributed by atoms with Crippen LogP contribution >= 0.6 is 23.4 Å². The summed E-state index contributed by atoms with van der Waals surface area (Å²) in [5.41, 5.74) is 5.49. The normalized spacial score (nSPS) is 12.2. The van der Waals surface area contributed by atoms with Crippen molar-refractivity contribution in [1.29, 1.82) is 0 Å². The average Bonchev–Trinajstić information content (AvgIpc) is 2.42. The molecule has 1 aromatic carbocycles. The summed E-state index contributed by atoms with van der Waals surface area (Å²) >= 11 is 7.56. The topological polar surface area (TPSA) is 55.1 Å². The third-order valence-electron chi connectivity index (χ3n) is 2.68. The van der Waals surface area contributed by atoms with Crippen LogP contribution in [0.5, 0.6) is 0 Å². The molecule has 5 heteroatoms. The quantitative estimate of drug-likeness (QED) is 0.573. The van der Waals surface area contributed by atoms with E-state index < -0.39 is 0 Å². The van der Waals surface area contributed by atoms with Crippen LogP contribution in [0.3, 0.4) is 0 Å². The van der Waals surface area contributed by atoms with Gasteiger partial charge in [-0.15, -0.1) is 11.8 Å². The Hall–Kier alpha value is -0.710. The van der Waals surface area contributed by atoms with E-state index in [1.807, 2.05) is 31.2 Å². The van der Waals surface area contributed by atoms with Crippen LogP contribution in [0.4, 0.5) is 0 Å². The Bertz CT molecular complexity index is 384. The Labute approximate surface area is 124 Å². The zero-order chi connectivity index (χ0) is 14.1. The smallest absolute Gasteiger partial charge is 0.220 e. The summed E-state index contributed by atoms with van der Waals surface area (Å²) in [6.07, 6.45) is 1.44. The van der Waals surface area contributed by atoms with Gasteiger partial charge in [0.25, 0.3) is 0 Å². The highest BCUT2D eigenvalue weighted by Crippen LogP contribution is 2.21. The van der Waals surface area contributed by atoms with Crippen molar-refractivity contribution < 1.29 is 4.79 Å². The van der Waals surface area contributed by atoms with E-state index in [4.69, 9.17) is 17.3 Å². The molecule has 0 bridgehead atoms. The van der Waals surface area contributed by atoms with E-state index in [1.54, 1.807) is 11.8 Å². The Kier molecular flexibility index (Phi) is 7.94. The Morgan fingerprint density at radius 2 is 2.11 bits per heavy atom. The van der Waals surface area contributed by atoms with Crippen molar-refractivity contribution in [1.82, 2.24) is 5.32 Å². The molecule has 0 aliphatic rings. The minimum atomic E-state index is 0.108. The first kappa shape index (κ1) is 16.3. The highest BCUT2D eigenvalue weighted by molar-refractivity contribution is 7.99. The molecule has 0 saturated carbocycles. The van der Waals surface area contributed by atoms with Crippen molar-refractivity contribution in [3.63, 3.8) is 0 Å². The van der Waals surface area contributed by atoms with Crippen LogP contribution in [0, 0.1) is 5.92 Å². The van der Waals surface area contributed by atoms with Crippen LogP contribution < -0.4 is 11.1 Å². The largest absolute Gasteiger partial charge is 0.356 e. The molecule has 0 fully saturated rings. The van der Waals surface area contributed by atoms with Crippen LogP contribution in [0.1, 0.15) is 19.8 Å². The standard InChI is InChI=1S/C14H21ClN2OS/c1-11(9-16)10-17-14(18)3-2-8-19-13-6-4-12(15)5-7-13/h4-7,11H,2-3,8-10,16H2,1H3,(H,17,18). The Morgan fingerprint density at radius 3 is 2.74 bits per heavy atom. The predicted molar refractivity (Wildman–Crippen MR) is 82.6 cm³/mol. The summed E-state index contributed by atoms with van der Waals surface area (Å²) < 4.78 is 0. The molecule has 0 heterocycles. The lowest BCUT2D eigenvalue weighted by Gasteiger charge is -2.09. The SMILES string of the molecule is CC(CN)CNC(=O)CCCSc1ccc(Cl)cc1. The minimum absolute atomic E-state index is 0.108. The first-order valence-corrected chi connectivity index (χ1v) is 7.83. The van der Waals surface area contributed by atoms with Gasteiger partial charge in [0.05, 0.1) is 0 Å². The zero-order valence-corrected chi connectivity index (χ0v) is 12.8. The first-order chi connectivity index (χ1) is 9.11. The maximum Gasteiger partial charge on any atom is 0.220 e. The number of amides is 1. The molecular weight excluding hydrogens is 280 g/mol. The fourth-order valence-corrected chi connectivity index (χ4v) is 2.39. The van der Waals surface area contributed by atoms with E-state index in [0.29, 0.717) is 25.4 Å². The number of benzene rings is 1. The van der Waals surface area contributed by atoms with Gasteiger partial charge in [-0.2, -0.15) is 0 Å². The molecule has 0 radical (unpaired) electrons. The van der Waals surface area contributed by atoms with Gasteiger partial charge in [0.2, 0.25) is 5.91 Å². The molecule has 19 heavy (non-hydrogen) atoms. The second-order valence-corrected chi connectivity index (χ2v) is 6.16. The zero-order valence-electron chi connectivity index (χ0n) is 11.2. The number of nitrogens with one attached hydrogen (secondary N) is 1. The molecule has 1 rings (SSSR count). The number of nitrogens with two attached hydrogens (primary N) is 1. The summed E-state index contributed by atoms with van der Waals surface area (Å²) in [7, 11) is 0. The van der Waals surface area contributed by atoms with Gasteiger partial charge in [0.1, 0.15) is 0 Å². The van der Waals surface area contributed by atoms with Crippen molar-refractivity contribution in [3.05, 3.63) is 29.3 Å². The Balaban J connectivity index is 2.10. The number of rotatable bonds is 8. The minimum Gasteiger partial charge on any atom is -0.356 e. The summed E-state index contributed by atoms with van der Waals surface area (Å²) in [4.78, 5) is 12.7. The van der Waals surface area contributed by atoms with E-state index in [9.17, 15) is 4.79 Å². The molecule has 1 atom stereocenters. The van der Waals surface area contributed by atoms with Gasteiger partial charge in [-0.1, -0.05) is 18.5 Å². The molecule has 1 aromatic rings. The van der Waals surface area contributed by atoms with Gasteiger partial charge in [0.15, 0.2) is 0 Å². The molecule has 0 aliphatic carbocycles. The third kappa shape index (κ3) is 7.45. The summed E-state index contributed by atoms with van der Waals surface area (Å²) in [6.45, 7) is 3.29. The van der Waals surface area contributed by atoms with Crippen molar-refractivity contribution >= 4 is 29.3 Å². The lowest BCUT2D eigenvalue weighted by atomic mass is 10.2. The molecule has 3 N–H and O–H groups in total. The number of thioether (sulfide) groups is 1. The van der Waals surface area contributed by atoms with Crippen LogP contribution in [0.2, 0.25) is 5.02 Å². The maximum atomic E-state index is 11.5. The number of halogens is 1. The molecule has 106 valence electrons. The van der Waals surface area contributed by atoms with Crippen molar-refractivity contribution in [2.45, 2.75) is 24.7 Å². The van der Waals surface area contributed by atoms with Crippen LogP contribution in [-0.2, 0) is 4.79 Å². The number of carbonyl (C=O) groups excluding carboxylic acids is 1. The van der Waals surface area contributed by atoms with Crippen LogP contribution in [-0.4, -0.2) is 24.7 Å². The molecular formula is C14H21ClN2OS. The van der Waals surface area contributed by atoms with Crippen molar-refractivity contribution in [2.24, 2.45) is 11.7 Å². The highest BCUT2D eigenvalue weighted by atomic mass is 35.5. The second kappa shape index (κ2) is 9.23. The molecule has 0 saturated heterocycles. The third-order valence-corrected chi connectivity index (χ3v) is 4.03. The lowest BCUT2D eigenvalue weighted by Crippen LogP contribution is -2.31. The summed E-state index contributed by atoms with van der Waals surface area (Å²) in [5, 5.41) is 3.64. The van der Waals surface area contributed by atoms with E-state index in [1.165, 1.54) is 4.90 Å². The predicted octanol–water partition coefficient (Wildman–Crippen LogP) is 2.92. The van der Waals surface area contributed by atoms with Gasteiger partial charge in [-0.3, -0.25) is 4.79 Å². The second-order valence-electron chi connectivity index (χ2n) is 4.55. The van der Waals surface area contributed by atoms with Crippen molar-refractivity contribution in [3.8, 4) is 0 Å². The van der Waals surface area contributed by atoms with E-state index in [0.717, 1.165) is 17.2 Å². The van der Waals surface area contributed by atoms with Crippen LogP contribution in [0.15, 0.2) is 29.2 Å².